The van der Waals surface area contributed by atoms with Gasteiger partial charge in [0, 0.05) is 12.6 Å². The van der Waals surface area contributed by atoms with E-state index >= 15 is 0 Å². The highest BCUT2D eigenvalue weighted by atomic mass is 16.3. The van der Waals surface area contributed by atoms with Crippen LogP contribution in [-0.4, -0.2) is 23.7 Å². The smallest absolute Gasteiger partial charge is 0.224 e. The summed E-state index contributed by atoms with van der Waals surface area (Å²) in [4.78, 5) is 12.1. The van der Waals surface area contributed by atoms with Gasteiger partial charge in [0.05, 0.1) is 18.9 Å². The zero-order chi connectivity index (χ0) is 15.1. The molecule has 1 amide bonds. The topological polar surface area (TPSA) is 73.1 Å². The molecule has 21 heavy (non-hydrogen) atoms. The standard InChI is InChI=1S/C17H22N2O2/c18-10-9-14-3-1-2-4-15(14)11-17(21)19-16-7-5-13(12-20)6-8-16/h1-4,13,16,20H,5-9,11-12H2,(H,19,21). The predicted molar refractivity (Wildman–Crippen MR) is 80.4 cm³/mol. The van der Waals surface area contributed by atoms with Crippen LogP contribution in [0.25, 0.3) is 0 Å². The number of amides is 1. The van der Waals surface area contributed by atoms with Crippen LogP contribution in [0.4, 0.5) is 0 Å². The Morgan fingerprint density at radius 3 is 2.52 bits per heavy atom. The molecular weight excluding hydrogens is 264 g/mol. The highest BCUT2D eigenvalue weighted by Gasteiger charge is 2.22. The fourth-order valence-corrected chi connectivity index (χ4v) is 2.93. The molecule has 1 fully saturated rings. The number of aliphatic hydroxyl groups is 1. The molecule has 0 radical (unpaired) electrons. The van der Waals surface area contributed by atoms with E-state index in [9.17, 15) is 4.79 Å². The van der Waals surface area contributed by atoms with E-state index in [0.29, 0.717) is 18.8 Å². The minimum absolute atomic E-state index is 0.0211. The van der Waals surface area contributed by atoms with Crippen LogP contribution in [0, 0.1) is 17.2 Å². The number of rotatable bonds is 5. The fraction of sp³-hybridized carbons (Fsp3) is 0.529. The summed E-state index contributed by atoms with van der Waals surface area (Å²) < 4.78 is 0. The van der Waals surface area contributed by atoms with E-state index < -0.39 is 0 Å². The molecule has 112 valence electrons. The van der Waals surface area contributed by atoms with Crippen LogP contribution >= 0.6 is 0 Å². The number of carbonyl (C=O) groups is 1. The molecule has 0 unspecified atom stereocenters. The van der Waals surface area contributed by atoms with Gasteiger partial charge in [-0.25, -0.2) is 0 Å². The SMILES string of the molecule is N#CCc1ccccc1CC(=O)NC1CCC(CO)CC1. The Morgan fingerprint density at radius 2 is 1.90 bits per heavy atom. The number of nitriles is 1. The molecule has 4 heteroatoms. The van der Waals surface area contributed by atoms with Crippen molar-refractivity contribution in [1.29, 1.82) is 5.26 Å². The second-order valence-electron chi connectivity index (χ2n) is 5.75. The van der Waals surface area contributed by atoms with Crippen LogP contribution in [0.5, 0.6) is 0 Å². The highest BCUT2D eigenvalue weighted by molar-refractivity contribution is 5.79. The fourth-order valence-electron chi connectivity index (χ4n) is 2.93. The molecule has 0 aliphatic heterocycles. The number of benzene rings is 1. The van der Waals surface area contributed by atoms with Gasteiger partial charge in [0.25, 0.3) is 0 Å². The normalized spacial score (nSPS) is 21.5. The lowest BCUT2D eigenvalue weighted by Crippen LogP contribution is -2.38. The molecule has 1 aliphatic carbocycles. The lowest BCUT2D eigenvalue weighted by molar-refractivity contribution is -0.121. The van der Waals surface area contributed by atoms with Crippen LogP contribution in [0.2, 0.25) is 0 Å². The minimum Gasteiger partial charge on any atom is -0.396 e. The first kappa shape index (κ1) is 15.5. The number of carbonyl (C=O) groups excluding carboxylic acids is 1. The van der Waals surface area contributed by atoms with E-state index in [1.165, 1.54) is 0 Å². The summed E-state index contributed by atoms with van der Waals surface area (Å²) in [6, 6.07) is 9.96. The van der Waals surface area contributed by atoms with Crippen LogP contribution in [0.1, 0.15) is 36.8 Å². The largest absolute Gasteiger partial charge is 0.396 e. The second-order valence-corrected chi connectivity index (χ2v) is 5.75. The molecule has 2 N–H and O–H groups in total. The monoisotopic (exact) mass is 286 g/mol. The molecule has 1 saturated carbocycles. The molecule has 1 aliphatic rings. The van der Waals surface area contributed by atoms with Crippen molar-refractivity contribution in [3.05, 3.63) is 35.4 Å². The van der Waals surface area contributed by atoms with Gasteiger partial charge < -0.3 is 10.4 Å². The first-order chi connectivity index (χ1) is 10.2. The predicted octanol–water partition coefficient (Wildman–Crippen LogP) is 1.96. The molecule has 0 heterocycles. The van der Waals surface area contributed by atoms with Crippen molar-refractivity contribution in [2.24, 2.45) is 5.92 Å². The highest BCUT2D eigenvalue weighted by Crippen LogP contribution is 2.23. The van der Waals surface area contributed by atoms with E-state index in [-0.39, 0.29) is 18.6 Å². The van der Waals surface area contributed by atoms with Gasteiger partial charge in [-0.2, -0.15) is 5.26 Å². The van der Waals surface area contributed by atoms with Crippen molar-refractivity contribution in [1.82, 2.24) is 5.32 Å². The van der Waals surface area contributed by atoms with Crippen molar-refractivity contribution in [2.45, 2.75) is 44.6 Å². The third-order valence-electron chi connectivity index (χ3n) is 4.21. The van der Waals surface area contributed by atoms with Gasteiger partial charge in [-0.05, 0) is 42.7 Å². The molecule has 1 aromatic rings. The number of nitrogens with zero attached hydrogens (tertiary/aromatic N) is 1. The molecule has 1 aromatic carbocycles. The average Bonchev–Trinajstić information content (AvgIpc) is 2.50. The molecular formula is C17H22N2O2. The van der Waals surface area contributed by atoms with E-state index in [2.05, 4.69) is 11.4 Å². The molecule has 4 nitrogen and oxygen atoms in total. The van der Waals surface area contributed by atoms with Gasteiger partial charge in [-0.3, -0.25) is 4.79 Å². The average molecular weight is 286 g/mol. The first-order valence-corrected chi connectivity index (χ1v) is 7.57. The first-order valence-electron chi connectivity index (χ1n) is 7.57. The lowest BCUT2D eigenvalue weighted by Gasteiger charge is -2.28. The summed E-state index contributed by atoms with van der Waals surface area (Å²) >= 11 is 0. The molecule has 0 bridgehead atoms. The van der Waals surface area contributed by atoms with Gasteiger partial charge in [-0.15, -0.1) is 0 Å². The maximum atomic E-state index is 12.1. The maximum Gasteiger partial charge on any atom is 0.224 e. The van der Waals surface area contributed by atoms with Gasteiger partial charge in [0.15, 0.2) is 0 Å². The van der Waals surface area contributed by atoms with E-state index in [4.69, 9.17) is 10.4 Å². The summed E-state index contributed by atoms with van der Waals surface area (Å²) in [7, 11) is 0. The van der Waals surface area contributed by atoms with E-state index in [1.54, 1.807) is 0 Å². The van der Waals surface area contributed by atoms with Gasteiger partial charge >= 0.3 is 0 Å². The Bertz CT molecular complexity index is 514. The van der Waals surface area contributed by atoms with Crippen molar-refractivity contribution in [2.75, 3.05) is 6.61 Å². The minimum atomic E-state index is 0.0211. The molecule has 0 spiro atoms. The van der Waals surface area contributed by atoms with Crippen molar-refractivity contribution < 1.29 is 9.90 Å². The zero-order valence-electron chi connectivity index (χ0n) is 12.2. The third kappa shape index (κ3) is 4.57. The lowest BCUT2D eigenvalue weighted by atomic mass is 9.86. The van der Waals surface area contributed by atoms with Crippen LogP contribution in [-0.2, 0) is 17.6 Å². The Balaban J connectivity index is 1.87. The zero-order valence-corrected chi connectivity index (χ0v) is 12.2. The molecule has 0 saturated heterocycles. The second kappa shape index (κ2) is 7.80. The van der Waals surface area contributed by atoms with Gasteiger partial charge in [0.1, 0.15) is 0 Å². The van der Waals surface area contributed by atoms with Gasteiger partial charge in [0.2, 0.25) is 5.91 Å². The van der Waals surface area contributed by atoms with Crippen LogP contribution in [0.3, 0.4) is 0 Å². The Hall–Kier alpha value is -1.86. The quantitative estimate of drug-likeness (QED) is 0.869. The summed E-state index contributed by atoms with van der Waals surface area (Å²) in [5.74, 6) is 0.419. The number of nitrogens with one attached hydrogen (secondary N) is 1. The number of hydrogen-bond donors (Lipinski definition) is 2. The van der Waals surface area contributed by atoms with Gasteiger partial charge in [-0.1, -0.05) is 24.3 Å². The maximum absolute atomic E-state index is 12.1. The summed E-state index contributed by atoms with van der Waals surface area (Å²) in [6.07, 6.45) is 4.51. The van der Waals surface area contributed by atoms with Crippen molar-refractivity contribution in [3.8, 4) is 6.07 Å². The van der Waals surface area contributed by atoms with Crippen molar-refractivity contribution >= 4 is 5.91 Å². The van der Waals surface area contributed by atoms with Crippen LogP contribution in [0.15, 0.2) is 24.3 Å². The molecule has 2 rings (SSSR count). The van der Waals surface area contributed by atoms with Crippen LogP contribution < -0.4 is 5.32 Å². The summed E-state index contributed by atoms with van der Waals surface area (Å²) in [5.41, 5.74) is 1.86. The Morgan fingerprint density at radius 1 is 1.24 bits per heavy atom. The van der Waals surface area contributed by atoms with E-state index in [0.717, 1.165) is 36.8 Å². The van der Waals surface area contributed by atoms with Crippen molar-refractivity contribution in [3.63, 3.8) is 0 Å². The third-order valence-corrected chi connectivity index (χ3v) is 4.21. The Kier molecular flexibility index (Phi) is 5.77. The Labute approximate surface area is 125 Å². The van der Waals surface area contributed by atoms with E-state index in [1.807, 2.05) is 24.3 Å². The summed E-state index contributed by atoms with van der Waals surface area (Å²) in [6.45, 7) is 0.252. The number of aliphatic hydroxyl groups excluding tert-OH is 1. The molecule has 0 aromatic heterocycles. The molecule has 0 atom stereocenters. The number of hydrogen-bond acceptors (Lipinski definition) is 3. The summed E-state index contributed by atoms with van der Waals surface area (Å²) in [5, 5.41) is 21.0.